The number of allylic oxidation sites excluding steroid dienone is 2. The minimum atomic E-state index is -0.417. The molecule has 0 amide bonds. The van der Waals surface area contributed by atoms with Crippen LogP contribution in [0.25, 0.3) is 5.69 Å². The van der Waals surface area contributed by atoms with Gasteiger partial charge >= 0.3 is 5.97 Å². The van der Waals surface area contributed by atoms with Crippen molar-refractivity contribution in [3.8, 4) is 17.4 Å². The molecular formula is C19H19NO4. The molecule has 2 atom stereocenters. The van der Waals surface area contributed by atoms with Crippen molar-refractivity contribution in [3.63, 3.8) is 0 Å². The van der Waals surface area contributed by atoms with E-state index >= 15 is 0 Å². The molecule has 1 aromatic heterocycles. The molecule has 1 aromatic carbocycles. The Balaban J connectivity index is 1.86. The molecule has 0 radical (unpaired) electrons. The van der Waals surface area contributed by atoms with Gasteiger partial charge in [-0.1, -0.05) is 18.2 Å². The van der Waals surface area contributed by atoms with Crippen LogP contribution in [0, 0.1) is 6.92 Å². The van der Waals surface area contributed by atoms with Crippen LogP contribution in [-0.4, -0.2) is 27.4 Å². The van der Waals surface area contributed by atoms with Gasteiger partial charge in [-0.3, -0.25) is 4.57 Å². The number of aromatic hydroxyl groups is 2. The summed E-state index contributed by atoms with van der Waals surface area (Å²) in [6.07, 6.45) is 5.07. The predicted octanol–water partition coefficient (Wildman–Crippen LogP) is 3.51. The highest BCUT2D eigenvalue weighted by molar-refractivity contribution is 5.90. The summed E-state index contributed by atoms with van der Waals surface area (Å²) in [5.74, 6) is 0.0162. The number of fused-ring (bicyclic) bond motifs is 5. The fraction of sp³-hybridized carbons (Fsp3) is 0.316. The van der Waals surface area contributed by atoms with E-state index in [1.54, 1.807) is 25.1 Å². The van der Waals surface area contributed by atoms with Crippen LogP contribution >= 0.6 is 0 Å². The zero-order chi connectivity index (χ0) is 17.0. The molecule has 0 fully saturated rings. The van der Waals surface area contributed by atoms with E-state index in [0.29, 0.717) is 17.9 Å². The Labute approximate surface area is 139 Å². The van der Waals surface area contributed by atoms with Crippen molar-refractivity contribution in [1.29, 1.82) is 0 Å². The maximum Gasteiger partial charge on any atom is 0.338 e. The lowest BCUT2D eigenvalue weighted by Gasteiger charge is -2.13. The Morgan fingerprint density at radius 3 is 2.42 bits per heavy atom. The summed E-state index contributed by atoms with van der Waals surface area (Å²) in [6, 6.07) is 5.13. The SMILES string of the molecule is CCOC(=O)c1ccc(C)c(-n2c(O)c3c(c2O)C2C=CC3C2)c1. The number of ether oxygens (including phenoxy) is 1. The summed E-state index contributed by atoms with van der Waals surface area (Å²) in [6.45, 7) is 3.93. The average Bonchev–Trinajstić information content (AvgIpc) is 3.23. The number of benzene rings is 1. The second kappa shape index (κ2) is 5.16. The Kier molecular flexibility index (Phi) is 3.20. The fourth-order valence-corrected chi connectivity index (χ4v) is 3.86. The van der Waals surface area contributed by atoms with E-state index in [1.807, 2.05) is 6.92 Å². The van der Waals surface area contributed by atoms with Crippen molar-refractivity contribution in [1.82, 2.24) is 4.57 Å². The monoisotopic (exact) mass is 325 g/mol. The molecule has 4 rings (SSSR count). The first-order valence-corrected chi connectivity index (χ1v) is 8.15. The third kappa shape index (κ3) is 1.90. The number of hydrogen-bond acceptors (Lipinski definition) is 4. The van der Waals surface area contributed by atoms with E-state index in [-0.39, 0.29) is 23.6 Å². The van der Waals surface area contributed by atoms with Gasteiger partial charge in [-0.2, -0.15) is 0 Å². The lowest BCUT2D eigenvalue weighted by Crippen LogP contribution is -2.07. The third-order valence-corrected chi connectivity index (χ3v) is 4.98. The van der Waals surface area contributed by atoms with E-state index in [1.165, 1.54) is 4.57 Å². The lowest BCUT2D eigenvalue weighted by atomic mass is 10.0. The van der Waals surface area contributed by atoms with Crippen molar-refractivity contribution < 1.29 is 19.7 Å². The number of esters is 1. The molecule has 2 aromatic rings. The van der Waals surface area contributed by atoms with Crippen molar-refractivity contribution in [2.75, 3.05) is 6.61 Å². The van der Waals surface area contributed by atoms with Gasteiger partial charge in [0.25, 0.3) is 0 Å². The topological polar surface area (TPSA) is 71.7 Å². The summed E-state index contributed by atoms with van der Waals surface area (Å²) >= 11 is 0. The number of carbonyl (C=O) groups is 1. The van der Waals surface area contributed by atoms with Gasteiger partial charge in [0.05, 0.1) is 17.9 Å². The van der Waals surface area contributed by atoms with Crippen LogP contribution in [0.5, 0.6) is 11.8 Å². The van der Waals surface area contributed by atoms with Gasteiger partial charge in [0, 0.05) is 23.0 Å². The van der Waals surface area contributed by atoms with Gasteiger partial charge in [0.15, 0.2) is 0 Å². The largest absolute Gasteiger partial charge is 0.494 e. The second-order valence-corrected chi connectivity index (χ2v) is 6.37. The predicted molar refractivity (Wildman–Crippen MR) is 89.0 cm³/mol. The molecule has 0 spiro atoms. The van der Waals surface area contributed by atoms with Gasteiger partial charge in [-0.05, 0) is 38.0 Å². The van der Waals surface area contributed by atoms with E-state index in [4.69, 9.17) is 4.74 Å². The molecule has 2 bridgehead atoms. The Morgan fingerprint density at radius 2 is 1.83 bits per heavy atom. The molecule has 0 saturated carbocycles. The lowest BCUT2D eigenvalue weighted by molar-refractivity contribution is 0.0526. The van der Waals surface area contributed by atoms with Gasteiger partial charge in [0.1, 0.15) is 0 Å². The quantitative estimate of drug-likeness (QED) is 0.669. The van der Waals surface area contributed by atoms with Crippen LogP contribution in [0.4, 0.5) is 0 Å². The highest BCUT2D eigenvalue weighted by atomic mass is 16.5. The molecule has 5 heteroatoms. The van der Waals surface area contributed by atoms with Crippen molar-refractivity contribution in [2.45, 2.75) is 32.1 Å². The highest BCUT2D eigenvalue weighted by Crippen LogP contribution is 2.57. The van der Waals surface area contributed by atoms with Crippen molar-refractivity contribution in [3.05, 3.63) is 52.6 Å². The molecule has 0 aliphatic heterocycles. The first-order valence-electron chi connectivity index (χ1n) is 8.15. The van der Waals surface area contributed by atoms with Gasteiger partial charge < -0.3 is 14.9 Å². The molecule has 5 nitrogen and oxygen atoms in total. The Bertz CT molecular complexity index is 842. The second-order valence-electron chi connectivity index (χ2n) is 6.37. The van der Waals surface area contributed by atoms with Crippen molar-refractivity contribution >= 4 is 5.97 Å². The average molecular weight is 325 g/mol. The first kappa shape index (κ1) is 14.9. The van der Waals surface area contributed by atoms with Crippen molar-refractivity contribution in [2.24, 2.45) is 0 Å². The van der Waals surface area contributed by atoms with Gasteiger partial charge in [-0.25, -0.2) is 4.79 Å². The van der Waals surface area contributed by atoms with Crippen LogP contribution < -0.4 is 0 Å². The zero-order valence-electron chi connectivity index (χ0n) is 13.6. The summed E-state index contributed by atoms with van der Waals surface area (Å²) in [4.78, 5) is 12.0. The molecule has 1 heterocycles. The van der Waals surface area contributed by atoms with Crippen LogP contribution in [0.1, 0.15) is 52.2 Å². The third-order valence-electron chi connectivity index (χ3n) is 4.98. The van der Waals surface area contributed by atoms with Crippen LogP contribution in [-0.2, 0) is 4.74 Å². The highest BCUT2D eigenvalue weighted by Gasteiger charge is 2.41. The maximum atomic E-state index is 12.0. The first-order chi connectivity index (χ1) is 11.5. The molecule has 2 unspecified atom stereocenters. The van der Waals surface area contributed by atoms with E-state index < -0.39 is 5.97 Å². The van der Waals surface area contributed by atoms with Crippen LogP contribution in [0.15, 0.2) is 30.4 Å². The fourth-order valence-electron chi connectivity index (χ4n) is 3.86. The van der Waals surface area contributed by atoms with Crippen LogP contribution in [0.3, 0.4) is 0 Å². The van der Waals surface area contributed by atoms with Gasteiger partial charge in [-0.15, -0.1) is 0 Å². The van der Waals surface area contributed by atoms with E-state index in [9.17, 15) is 15.0 Å². The minimum absolute atomic E-state index is 0.0588. The molecular weight excluding hydrogens is 306 g/mol. The maximum absolute atomic E-state index is 12.0. The normalized spacial score (nSPS) is 20.4. The van der Waals surface area contributed by atoms with Gasteiger partial charge in [0.2, 0.25) is 11.8 Å². The summed E-state index contributed by atoms with van der Waals surface area (Å²) in [5, 5.41) is 21.4. The summed E-state index contributed by atoms with van der Waals surface area (Å²) in [5.41, 5.74) is 3.44. The number of carbonyl (C=O) groups excluding carboxylic acids is 1. The number of hydrogen-bond donors (Lipinski definition) is 2. The molecule has 24 heavy (non-hydrogen) atoms. The number of rotatable bonds is 3. The number of aromatic nitrogens is 1. The molecule has 2 aliphatic carbocycles. The molecule has 2 aliphatic rings. The Hall–Kier alpha value is -2.69. The minimum Gasteiger partial charge on any atom is -0.494 e. The summed E-state index contributed by atoms with van der Waals surface area (Å²) in [7, 11) is 0. The molecule has 124 valence electrons. The summed E-state index contributed by atoms with van der Waals surface area (Å²) < 4.78 is 6.48. The zero-order valence-corrected chi connectivity index (χ0v) is 13.6. The smallest absolute Gasteiger partial charge is 0.338 e. The standard InChI is InChI=1S/C19H19NO4/c1-3-24-19(23)13-5-4-10(2)14(9-13)20-17(21)15-11-6-7-12(8-11)16(15)18(20)22/h4-7,9,11-12,21-22H,3,8H2,1-2H3. The molecule has 2 N–H and O–H groups in total. The number of aryl methyl sites for hydroxylation is 1. The van der Waals surface area contributed by atoms with E-state index in [2.05, 4.69) is 12.2 Å². The molecule has 0 saturated heterocycles. The van der Waals surface area contributed by atoms with E-state index in [0.717, 1.165) is 23.1 Å². The van der Waals surface area contributed by atoms with Crippen LogP contribution in [0.2, 0.25) is 0 Å². The Morgan fingerprint density at radius 1 is 1.21 bits per heavy atom. The number of nitrogens with zero attached hydrogens (tertiary/aromatic N) is 1.